The van der Waals surface area contributed by atoms with Crippen LogP contribution in [0.5, 0.6) is 0 Å². The number of fused-ring (bicyclic) bond motifs is 1. The molecular formula is C22H26FN3O. The molecule has 1 aromatic heterocycles. The Morgan fingerprint density at radius 1 is 1.15 bits per heavy atom. The molecule has 27 heavy (non-hydrogen) atoms. The van der Waals surface area contributed by atoms with E-state index in [-0.39, 0.29) is 17.8 Å². The highest BCUT2D eigenvalue weighted by atomic mass is 19.1. The lowest BCUT2D eigenvalue weighted by Gasteiger charge is -2.19. The number of halogens is 1. The zero-order chi connectivity index (χ0) is 19.7. The fourth-order valence-corrected chi connectivity index (χ4v) is 3.29. The number of carbonyl (C=O) groups is 1. The van der Waals surface area contributed by atoms with Crippen LogP contribution in [-0.2, 0) is 11.2 Å². The van der Waals surface area contributed by atoms with Crippen molar-refractivity contribution >= 4 is 16.9 Å². The van der Waals surface area contributed by atoms with E-state index in [9.17, 15) is 9.18 Å². The van der Waals surface area contributed by atoms with Gasteiger partial charge in [-0.3, -0.25) is 4.79 Å². The van der Waals surface area contributed by atoms with Crippen LogP contribution in [0, 0.1) is 19.7 Å². The molecule has 3 rings (SSSR count). The van der Waals surface area contributed by atoms with Crippen LogP contribution in [0.3, 0.4) is 0 Å². The van der Waals surface area contributed by atoms with Gasteiger partial charge in [0.1, 0.15) is 17.7 Å². The van der Waals surface area contributed by atoms with Gasteiger partial charge in [0, 0.05) is 12.5 Å². The van der Waals surface area contributed by atoms with Crippen LogP contribution in [-0.4, -0.2) is 21.5 Å². The number of nitrogens with one attached hydrogen (secondary N) is 1. The summed E-state index contributed by atoms with van der Waals surface area (Å²) in [5.41, 5.74) is 4.57. The summed E-state index contributed by atoms with van der Waals surface area (Å²) in [6, 6.07) is 10.4. The van der Waals surface area contributed by atoms with Gasteiger partial charge in [-0.25, -0.2) is 9.37 Å². The summed E-state index contributed by atoms with van der Waals surface area (Å²) in [6.07, 6.45) is 0.332. The Kier molecular flexibility index (Phi) is 5.31. The first-order valence-electron chi connectivity index (χ1n) is 9.29. The molecule has 0 bridgehead atoms. The summed E-state index contributed by atoms with van der Waals surface area (Å²) in [6.45, 7) is 9.81. The molecule has 0 aliphatic rings. The predicted octanol–water partition coefficient (Wildman–Crippen LogP) is 4.47. The van der Waals surface area contributed by atoms with Crippen molar-refractivity contribution in [3.63, 3.8) is 0 Å². The molecule has 1 amide bonds. The molecule has 1 unspecified atom stereocenters. The van der Waals surface area contributed by atoms with E-state index in [0.29, 0.717) is 17.8 Å². The van der Waals surface area contributed by atoms with E-state index in [4.69, 9.17) is 4.98 Å². The average molecular weight is 367 g/mol. The van der Waals surface area contributed by atoms with E-state index in [2.05, 4.69) is 11.4 Å². The number of aryl methyl sites for hydroxylation is 2. The number of benzene rings is 2. The fraction of sp³-hybridized carbons (Fsp3) is 0.364. The molecule has 0 saturated heterocycles. The second-order valence-electron chi connectivity index (χ2n) is 7.43. The monoisotopic (exact) mass is 367 g/mol. The van der Waals surface area contributed by atoms with Gasteiger partial charge in [-0.1, -0.05) is 18.2 Å². The number of hydrogen-bond donors (Lipinski definition) is 1. The van der Waals surface area contributed by atoms with E-state index in [1.807, 2.05) is 51.3 Å². The van der Waals surface area contributed by atoms with Crippen molar-refractivity contribution in [3.05, 3.63) is 64.7 Å². The third-order valence-corrected chi connectivity index (χ3v) is 4.88. The molecule has 4 nitrogen and oxygen atoms in total. The van der Waals surface area contributed by atoms with Crippen LogP contribution in [0.2, 0.25) is 0 Å². The second-order valence-corrected chi connectivity index (χ2v) is 7.43. The minimum atomic E-state index is -0.443. The Labute approximate surface area is 159 Å². The molecule has 0 spiro atoms. The quantitative estimate of drug-likeness (QED) is 0.723. The number of nitrogens with zero attached hydrogens (tertiary/aromatic N) is 2. The molecule has 1 atom stereocenters. The van der Waals surface area contributed by atoms with Gasteiger partial charge in [0.25, 0.3) is 0 Å². The van der Waals surface area contributed by atoms with E-state index in [0.717, 1.165) is 22.2 Å². The SMILES string of the molecule is Cc1cc2nc(Cc3ccccc3F)n(C(C)C(=O)NC(C)C)c2cc1C. The molecule has 1 N–H and O–H groups in total. The van der Waals surface area contributed by atoms with Gasteiger partial charge in [-0.05, 0) is 69.5 Å². The Morgan fingerprint density at radius 2 is 1.81 bits per heavy atom. The molecule has 0 aliphatic heterocycles. The Hall–Kier alpha value is -2.69. The summed E-state index contributed by atoms with van der Waals surface area (Å²) in [7, 11) is 0. The van der Waals surface area contributed by atoms with Gasteiger partial charge < -0.3 is 9.88 Å². The largest absolute Gasteiger partial charge is 0.352 e. The molecule has 0 radical (unpaired) electrons. The molecule has 0 fully saturated rings. The van der Waals surface area contributed by atoms with Crippen molar-refractivity contribution in [1.82, 2.24) is 14.9 Å². The van der Waals surface area contributed by atoms with Gasteiger partial charge >= 0.3 is 0 Å². The van der Waals surface area contributed by atoms with Gasteiger partial charge in [0.2, 0.25) is 5.91 Å². The number of aromatic nitrogens is 2. The van der Waals surface area contributed by atoms with Crippen LogP contribution in [0.25, 0.3) is 11.0 Å². The van der Waals surface area contributed by atoms with Gasteiger partial charge in [0.15, 0.2) is 0 Å². The summed E-state index contributed by atoms with van der Waals surface area (Å²) in [5, 5.41) is 2.96. The van der Waals surface area contributed by atoms with Crippen molar-refractivity contribution in [2.75, 3.05) is 0 Å². The van der Waals surface area contributed by atoms with Crippen LogP contribution in [0.4, 0.5) is 4.39 Å². The molecule has 0 saturated carbocycles. The van der Waals surface area contributed by atoms with Crippen LogP contribution in [0.1, 0.15) is 49.3 Å². The fourth-order valence-electron chi connectivity index (χ4n) is 3.29. The summed E-state index contributed by atoms with van der Waals surface area (Å²) >= 11 is 0. The highest BCUT2D eigenvalue weighted by molar-refractivity contribution is 5.85. The van der Waals surface area contributed by atoms with Crippen LogP contribution >= 0.6 is 0 Å². The first-order chi connectivity index (χ1) is 12.8. The maximum atomic E-state index is 14.2. The highest BCUT2D eigenvalue weighted by Gasteiger charge is 2.23. The summed E-state index contributed by atoms with van der Waals surface area (Å²) < 4.78 is 16.1. The topological polar surface area (TPSA) is 46.9 Å². The summed E-state index contributed by atoms with van der Waals surface area (Å²) in [5.74, 6) is 0.353. The smallest absolute Gasteiger partial charge is 0.243 e. The molecule has 5 heteroatoms. The number of imidazole rings is 1. The number of amides is 1. The standard InChI is InChI=1S/C22H26FN3O/c1-13(2)24-22(27)16(5)26-20-11-15(4)14(3)10-19(20)25-21(26)12-17-8-6-7-9-18(17)23/h6-11,13,16H,12H2,1-5H3,(H,24,27). The lowest BCUT2D eigenvalue weighted by atomic mass is 10.1. The maximum Gasteiger partial charge on any atom is 0.243 e. The van der Waals surface area contributed by atoms with Crippen molar-refractivity contribution in [1.29, 1.82) is 0 Å². The minimum Gasteiger partial charge on any atom is -0.352 e. The van der Waals surface area contributed by atoms with Crippen molar-refractivity contribution in [2.45, 2.75) is 53.1 Å². The zero-order valence-electron chi connectivity index (χ0n) is 16.5. The number of carbonyl (C=O) groups excluding carboxylic acids is 1. The Morgan fingerprint density at radius 3 is 2.48 bits per heavy atom. The average Bonchev–Trinajstić information content (AvgIpc) is 2.93. The molecule has 142 valence electrons. The lowest BCUT2D eigenvalue weighted by Crippen LogP contribution is -2.36. The predicted molar refractivity (Wildman–Crippen MR) is 106 cm³/mol. The zero-order valence-corrected chi connectivity index (χ0v) is 16.5. The number of hydrogen-bond acceptors (Lipinski definition) is 2. The van der Waals surface area contributed by atoms with E-state index >= 15 is 0 Å². The highest BCUT2D eigenvalue weighted by Crippen LogP contribution is 2.26. The second kappa shape index (κ2) is 7.51. The molecule has 1 heterocycles. The van der Waals surface area contributed by atoms with E-state index in [1.165, 1.54) is 6.07 Å². The lowest BCUT2D eigenvalue weighted by molar-refractivity contribution is -0.124. The van der Waals surface area contributed by atoms with Crippen LogP contribution < -0.4 is 5.32 Å². The molecule has 2 aromatic carbocycles. The van der Waals surface area contributed by atoms with E-state index < -0.39 is 6.04 Å². The van der Waals surface area contributed by atoms with E-state index in [1.54, 1.807) is 12.1 Å². The Balaban J connectivity index is 2.14. The molecular weight excluding hydrogens is 341 g/mol. The third kappa shape index (κ3) is 3.87. The minimum absolute atomic E-state index is 0.0498. The van der Waals surface area contributed by atoms with Crippen LogP contribution in [0.15, 0.2) is 36.4 Å². The molecule has 0 aliphatic carbocycles. The van der Waals surface area contributed by atoms with Crippen molar-refractivity contribution in [2.24, 2.45) is 0 Å². The van der Waals surface area contributed by atoms with Gasteiger partial charge in [-0.15, -0.1) is 0 Å². The van der Waals surface area contributed by atoms with Gasteiger partial charge in [0.05, 0.1) is 11.0 Å². The van der Waals surface area contributed by atoms with Crippen molar-refractivity contribution in [3.8, 4) is 0 Å². The first kappa shape index (κ1) is 19.1. The first-order valence-corrected chi connectivity index (χ1v) is 9.29. The Bertz CT molecular complexity index is 991. The maximum absolute atomic E-state index is 14.2. The molecule has 3 aromatic rings. The third-order valence-electron chi connectivity index (χ3n) is 4.88. The normalized spacial score (nSPS) is 12.6. The summed E-state index contributed by atoms with van der Waals surface area (Å²) in [4.78, 5) is 17.4. The number of rotatable bonds is 5. The van der Waals surface area contributed by atoms with Crippen molar-refractivity contribution < 1.29 is 9.18 Å². The van der Waals surface area contributed by atoms with Gasteiger partial charge in [-0.2, -0.15) is 0 Å².